The Bertz CT molecular complexity index is 872. The Hall–Kier alpha value is -3.15. The van der Waals surface area contributed by atoms with Crippen molar-refractivity contribution in [2.24, 2.45) is 0 Å². The molecular formula is C18H16FN3O2. The molecule has 0 aliphatic rings. The van der Waals surface area contributed by atoms with Gasteiger partial charge in [-0.05, 0) is 55.0 Å². The van der Waals surface area contributed by atoms with Crippen molar-refractivity contribution in [2.75, 3.05) is 12.4 Å². The number of nitrogens with zero attached hydrogens (tertiary/aromatic N) is 2. The second kappa shape index (κ2) is 6.54. The van der Waals surface area contributed by atoms with Crippen molar-refractivity contribution >= 4 is 11.6 Å². The predicted octanol–water partition coefficient (Wildman–Crippen LogP) is 3.58. The maximum absolute atomic E-state index is 13.0. The zero-order valence-electron chi connectivity index (χ0n) is 13.3. The van der Waals surface area contributed by atoms with Crippen molar-refractivity contribution in [2.45, 2.75) is 6.92 Å². The van der Waals surface area contributed by atoms with E-state index < -0.39 is 0 Å². The Morgan fingerprint density at radius 1 is 1.17 bits per heavy atom. The van der Waals surface area contributed by atoms with Gasteiger partial charge in [-0.15, -0.1) is 0 Å². The van der Waals surface area contributed by atoms with Gasteiger partial charge in [-0.1, -0.05) is 6.07 Å². The van der Waals surface area contributed by atoms with Crippen LogP contribution >= 0.6 is 0 Å². The first kappa shape index (κ1) is 15.7. The average Bonchev–Trinajstić information content (AvgIpc) is 3.07. The monoisotopic (exact) mass is 325 g/mol. The van der Waals surface area contributed by atoms with Crippen LogP contribution in [0.5, 0.6) is 5.75 Å². The normalized spacial score (nSPS) is 10.5. The Labute approximate surface area is 138 Å². The number of carbonyl (C=O) groups is 1. The van der Waals surface area contributed by atoms with Gasteiger partial charge in [0.25, 0.3) is 5.91 Å². The van der Waals surface area contributed by atoms with Crippen LogP contribution in [0.3, 0.4) is 0 Å². The van der Waals surface area contributed by atoms with E-state index in [1.807, 2.05) is 19.1 Å². The topological polar surface area (TPSA) is 56.1 Å². The molecule has 6 heteroatoms. The van der Waals surface area contributed by atoms with Crippen LogP contribution in [0.25, 0.3) is 5.69 Å². The van der Waals surface area contributed by atoms with E-state index in [0.29, 0.717) is 17.1 Å². The number of ether oxygens (including phenoxy) is 1. The summed E-state index contributed by atoms with van der Waals surface area (Å²) in [6, 6.07) is 13.0. The molecule has 3 rings (SSSR count). The highest BCUT2D eigenvalue weighted by Crippen LogP contribution is 2.25. The molecule has 1 N–H and O–H groups in total. The summed E-state index contributed by atoms with van der Waals surface area (Å²) in [7, 11) is 1.55. The van der Waals surface area contributed by atoms with E-state index in [1.165, 1.54) is 16.8 Å². The maximum Gasteiger partial charge on any atom is 0.276 e. The smallest absolute Gasteiger partial charge is 0.276 e. The van der Waals surface area contributed by atoms with E-state index in [2.05, 4.69) is 10.4 Å². The van der Waals surface area contributed by atoms with Crippen molar-refractivity contribution in [1.29, 1.82) is 0 Å². The van der Waals surface area contributed by atoms with Crippen molar-refractivity contribution < 1.29 is 13.9 Å². The number of anilines is 1. The van der Waals surface area contributed by atoms with Gasteiger partial charge >= 0.3 is 0 Å². The molecule has 0 aliphatic carbocycles. The molecule has 0 aliphatic heterocycles. The van der Waals surface area contributed by atoms with Gasteiger partial charge in [0, 0.05) is 6.20 Å². The number of aryl methyl sites for hydroxylation is 1. The highest BCUT2D eigenvalue weighted by Gasteiger charge is 2.13. The SMILES string of the molecule is COc1cc(C)ccc1NC(=O)c1ccn(-c2ccc(F)cc2)n1. The van der Waals surface area contributed by atoms with Crippen LogP contribution in [0.2, 0.25) is 0 Å². The molecule has 0 saturated heterocycles. The third-order valence-electron chi connectivity index (χ3n) is 3.52. The summed E-state index contributed by atoms with van der Waals surface area (Å²) in [5, 5.41) is 7.00. The van der Waals surface area contributed by atoms with Gasteiger partial charge in [-0.3, -0.25) is 4.79 Å². The first-order chi connectivity index (χ1) is 11.6. The van der Waals surface area contributed by atoms with E-state index in [1.54, 1.807) is 37.6 Å². The average molecular weight is 325 g/mol. The highest BCUT2D eigenvalue weighted by molar-refractivity contribution is 6.03. The zero-order chi connectivity index (χ0) is 17.1. The van der Waals surface area contributed by atoms with E-state index in [4.69, 9.17) is 4.74 Å². The summed E-state index contributed by atoms with van der Waals surface area (Å²) in [4.78, 5) is 12.4. The number of benzene rings is 2. The fourth-order valence-electron chi connectivity index (χ4n) is 2.27. The first-order valence-electron chi connectivity index (χ1n) is 7.34. The summed E-state index contributed by atoms with van der Waals surface area (Å²) in [6.07, 6.45) is 1.65. The van der Waals surface area contributed by atoms with E-state index >= 15 is 0 Å². The van der Waals surface area contributed by atoms with Gasteiger partial charge in [0.1, 0.15) is 11.6 Å². The van der Waals surface area contributed by atoms with Gasteiger partial charge < -0.3 is 10.1 Å². The number of methoxy groups -OCH3 is 1. The number of hydrogen-bond acceptors (Lipinski definition) is 3. The van der Waals surface area contributed by atoms with Crippen LogP contribution in [0.15, 0.2) is 54.7 Å². The first-order valence-corrected chi connectivity index (χ1v) is 7.34. The number of halogens is 1. The van der Waals surface area contributed by atoms with E-state index in [0.717, 1.165) is 5.56 Å². The standard InChI is InChI=1S/C18H16FN3O2/c1-12-3-8-15(17(11-12)24-2)20-18(23)16-9-10-22(21-16)14-6-4-13(19)5-7-14/h3-11H,1-2H3,(H,20,23). The van der Waals surface area contributed by atoms with Gasteiger partial charge in [0.2, 0.25) is 0 Å². The Morgan fingerprint density at radius 3 is 2.62 bits per heavy atom. The second-order valence-electron chi connectivity index (χ2n) is 5.28. The van der Waals surface area contributed by atoms with Crippen LogP contribution in [-0.2, 0) is 0 Å². The molecule has 0 spiro atoms. The van der Waals surface area contributed by atoms with Crippen molar-refractivity contribution in [3.63, 3.8) is 0 Å². The van der Waals surface area contributed by atoms with Crippen molar-refractivity contribution in [1.82, 2.24) is 9.78 Å². The van der Waals surface area contributed by atoms with E-state index in [-0.39, 0.29) is 17.4 Å². The number of rotatable bonds is 4. The van der Waals surface area contributed by atoms with Gasteiger partial charge in [0.15, 0.2) is 5.69 Å². The zero-order valence-corrected chi connectivity index (χ0v) is 13.3. The molecule has 0 atom stereocenters. The van der Waals surface area contributed by atoms with Crippen LogP contribution in [0.1, 0.15) is 16.1 Å². The lowest BCUT2D eigenvalue weighted by atomic mass is 10.2. The molecule has 0 fully saturated rings. The summed E-state index contributed by atoms with van der Waals surface area (Å²) in [5.74, 6) is -0.0883. The minimum absolute atomic E-state index is 0.252. The highest BCUT2D eigenvalue weighted by atomic mass is 19.1. The largest absolute Gasteiger partial charge is 0.495 e. The molecule has 0 bridgehead atoms. The molecule has 122 valence electrons. The number of nitrogens with one attached hydrogen (secondary N) is 1. The summed E-state index contributed by atoms with van der Waals surface area (Å²) < 4.78 is 19.8. The minimum Gasteiger partial charge on any atom is -0.495 e. The summed E-state index contributed by atoms with van der Waals surface area (Å²) in [6.45, 7) is 1.94. The van der Waals surface area contributed by atoms with Crippen LogP contribution in [0.4, 0.5) is 10.1 Å². The molecule has 5 nitrogen and oxygen atoms in total. The molecule has 0 unspecified atom stereocenters. The quantitative estimate of drug-likeness (QED) is 0.797. The van der Waals surface area contributed by atoms with Gasteiger partial charge in [0.05, 0.1) is 18.5 Å². The molecule has 1 aromatic heterocycles. The van der Waals surface area contributed by atoms with Crippen LogP contribution in [-0.4, -0.2) is 22.8 Å². The lowest BCUT2D eigenvalue weighted by Crippen LogP contribution is -2.14. The molecule has 3 aromatic rings. The number of hydrogen-bond donors (Lipinski definition) is 1. The molecule has 1 amide bonds. The van der Waals surface area contributed by atoms with Crippen molar-refractivity contribution in [3.8, 4) is 11.4 Å². The fourth-order valence-corrected chi connectivity index (χ4v) is 2.27. The second-order valence-corrected chi connectivity index (χ2v) is 5.28. The minimum atomic E-state index is -0.349. The van der Waals surface area contributed by atoms with Crippen LogP contribution < -0.4 is 10.1 Å². The number of aromatic nitrogens is 2. The fraction of sp³-hybridized carbons (Fsp3) is 0.111. The van der Waals surface area contributed by atoms with E-state index in [9.17, 15) is 9.18 Å². The van der Waals surface area contributed by atoms with Gasteiger partial charge in [-0.25, -0.2) is 9.07 Å². The van der Waals surface area contributed by atoms with Crippen molar-refractivity contribution in [3.05, 3.63) is 71.8 Å². The predicted molar refractivity (Wildman–Crippen MR) is 89.2 cm³/mol. The Balaban J connectivity index is 1.80. The van der Waals surface area contributed by atoms with Gasteiger partial charge in [-0.2, -0.15) is 5.10 Å². The number of carbonyl (C=O) groups excluding carboxylic acids is 1. The molecule has 0 radical (unpaired) electrons. The third-order valence-corrected chi connectivity index (χ3v) is 3.52. The Morgan fingerprint density at radius 2 is 1.92 bits per heavy atom. The third kappa shape index (κ3) is 3.27. The molecule has 1 heterocycles. The molecule has 24 heavy (non-hydrogen) atoms. The molecule has 2 aromatic carbocycles. The summed E-state index contributed by atoms with van der Waals surface area (Å²) in [5.41, 5.74) is 2.53. The van der Waals surface area contributed by atoms with Crippen LogP contribution in [0, 0.1) is 12.7 Å². The summed E-state index contributed by atoms with van der Waals surface area (Å²) >= 11 is 0. The lowest BCUT2D eigenvalue weighted by Gasteiger charge is -2.10. The lowest BCUT2D eigenvalue weighted by molar-refractivity contribution is 0.102. The molecular weight excluding hydrogens is 309 g/mol. The number of amides is 1. The Kier molecular flexibility index (Phi) is 4.29. The molecule has 0 saturated carbocycles. The maximum atomic E-state index is 13.0.